The molecule has 2 amide bonds. The first kappa shape index (κ1) is 23.4. The largest absolute Gasteiger partial charge is 0.506 e. The lowest BCUT2D eigenvalue weighted by Crippen LogP contribution is -2.28. The van der Waals surface area contributed by atoms with Gasteiger partial charge >= 0.3 is 18.2 Å². The topological polar surface area (TPSA) is 121 Å². The highest BCUT2D eigenvalue weighted by molar-refractivity contribution is 5.91. The van der Waals surface area contributed by atoms with E-state index in [0.29, 0.717) is 29.0 Å². The van der Waals surface area contributed by atoms with Gasteiger partial charge in [-0.2, -0.15) is 13.2 Å². The van der Waals surface area contributed by atoms with Gasteiger partial charge in [-0.15, -0.1) is 0 Å². The Kier molecular flexibility index (Phi) is 6.71. The van der Waals surface area contributed by atoms with E-state index in [4.69, 9.17) is 9.84 Å². The van der Waals surface area contributed by atoms with Gasteiger partial charge in [-0.1, -0.05) is 12.1 Å². The normalized spacial score (nSPS) is 11.0. The SMILES string of the molecule is Cc1cc(CNC(=O)Nc2cc(C(F)(F)F)ccc2O)ccc1Oc1ccnc(C(=O)O)c1. The number of rotatable bonds is 6. The summed E-state index contributed by atoms with van der Waals surface area (Å²) in [5.41, 5.74) is -0.182. The average molecular weight is 461 g/mol. The molecule has 0 bridgehead atoms. The number of amides is 2. The third-order valence-electron chi connectivity index (χ3n) is 4.44. The number of pyridine rings is 1. The van der Waals surface area contributed by atoms with Crippen molar-refractivity contribution in [3.8, 4) is 17.2 Å². The van der Waals surface area contributed by atoms with Crippen LogP contribution >= 0.6 is 0 Å². The molecule has 0 aliphatic rings. The van der Waals surface area contributed by atoms with Crippen molar-refractivity contribution in [3.63, 3.8) is 0 Å². The Bertz CT molecular complexity index is 1200. The fourth-order valence-corrected chi connectivity index (χ4v) is 2.82. The predicted octanol–water partition coefficient (Wildman–Crippen LogP) is 4.93. The number of carboxylic acids is 1. The van der Waals surface area contributed by atoms with Gasteiger partial charge in [0.05, 0.1) is 11.3 Å². The number of aromatic carboxylic acids is 1. The fraction of sp³-hybridized carbons (Fsp3) is 0.136. The van der Waals surface area contributed by atoms with E-state index in [1.807, 2.05) is 0 Å². The molecule has 0 fully saturated rings. The summed E-state index contributed by atoms with van der Waals surface area (Å²) in [6, 6.07) is 9.19. The molecule has 0 saturated heterocycles. The molecular weight excluding hydrogens is 443 g/mol. The van der Waals surface area contributed by atoms with Gasteiger partial charge in [-0.25, -0.2) is 14.6 Å². The highest BCUT2D eigenvalue weighted by Gasteiger charge is 2.31. The number of alkyl halides is 3. The van der Waals surface area contributed by atoms with E-state index in [2.05, 4.69) is 15.6 Å². The van der Waals surface area contributed by atoms with Crippen molar-refractivity contribution < 1.29 is 37.7 Å². The van der Waals surface area contributed by atoms with Crippen molar-refractivity contribution in [3.05, 3.63) is 77.1 Å². The zero-order valence-electron chi connectivity index (χ0n) is 17.1. The first-order chi connectivity index (χ1) is 15.5. The lowest BCUT2D eigenvalue weighted by Gasteiger charge is -2.13. The lowest BCUT2D eigenvalue weighted by atomic mass is 10.1. The summed E-state index contributed by atoms with van der Waals surface area (Å²) in [4.78, 5) is 26.8. The maximum absolute atomic E-state index is 12.8. The number of phenolic OH excluding ortho intramolecular Hbond substituents is 1. The van der Waals surface area contributed by atoms with Crippen molar-refractivity contribution in [2.45, 2.75) is 19.6 Å². The number of anilines is 1. The van der Waals surface area contributed by atoms with Crippen LogP contribution in [0.15, 0.2) is 54.7 Å². The standard InChI is InChI=1S/C22H18F3N3O5/c1-12-8-13(2-5-19(12)33-15-6-7-26-17(10-15)20(30)31)11-27-21(32)28-16-9-14(22(23,24)25)3-4-18(16)29/h2-10,29H,11H2,1H3,(H,30,31)(H2,27,28,32). The highest BCUT2D eigenvalue weighted by atomic mass is 19.4. The number of aryl methyl sites for hydroxylation is 1. The van der Waals surface area contributed by atoms with Crippen LogP contribution in [-0.2, 0) is 12.7 Å². The van der Waals surface area contributed by atoms with Crippen molar-refractivity contribution in [1.29, 1.82) is 0 Å². The summed E-state index contributed by atoms with van der Waals surface area (Å²) in [5, 5.41) is 23.4. The number of urea groups is 1. The summed E-state index contributed by atoms with van der Waals surface area (Å²) in [6.07, 6.45) is -3.30. The van der Waals surface area contributed by atoms with Gasteiger partial charge in [-0.3, -0.25) is 0 Å². The van der Waals surface area contributed by atoms with Crippen LogP contribution in [-0.4, -0.2) is 27.2 Å². The molecule has 172 valence electrons. The number of nitrogens with one attached hydrogen (secondary N) is 2. The Morgan fingerprint density at radius 2 is 1.85 bits per heavy atom. The Balaban J connectivity index is 1.62. The fourth-order valence-electron chi connectivity index (χ4n) is 2.82. The van der Waals surface area contributed by atoms with Crippen LogP contribution in [0.2, 0.25) is 0 Å². The molecule has 2 aromatic carbocycles. The molecular formula is C22H18F3N3O5. The van der Waals surface area contributed by atoms with Crippen LogP contribution in [0.3, 0.4) is 0 Å². The molecule has 0 unspecified atom stereocenters. The summed E-state index contributed by atoms with van der Waals surface area (Å²) in [7, 11) is 0. The Hall–Kier alpha value is -4.28. The number of hydrogen-bond acceptors (Lipinski definition) is 5. The molecule has 0 aliphatic carbocycles. The summed E-state index contributed by atoms with van der Waals surface area (Å²) in [6.45, 7) is 1.80. The van der Waals surface area contributed by atoms with Crippen molar-refractivity contribution in [1.82, 2.24) is 10.3 Å². The summed E-state index contributed by atoms with van der Waals surface area (Å²) in [5.74, 6) is -0.940. The second kappa shape index (κ2) is 9.47. The van der Waals surface area contributed by atoms with E-state index in [1.165, 1.54) is 18.3 Å². The van der Waals surface area contributed by atoms with Crippen molar-refractivity contribution >= 4 is 17.7 Å². The zero-order valence-corrected chi connectivity index (χ0v) is 17.1. The van der Waals surface area contributed by atoms with Gasteiger partial charge in [0, 0.05) is 18.8 Å². The number of hydrogen-bond donors (Lipinski definition) is 4. The molecule has 11 heteroatoms. The molecule has 0 spiro atoms. The first-order valence-electron chi connectivity index (χ1n) is 9.44. The minimum atomic E-state index is -4.62. The summed E-state index contributed by atoms with van der Waals surface area (Å²) >= 11 is 0. The maximum Gasteiger partial charge on any atom is 0.416 e. The van der Waals surface area contributed by atoms with Gasteiger partial charge in [0.15, 0.2) is 5.69 Å². The number of carboxylic acid groups (broad SMARTS) is 1. The number of carbonyl (C=O) groups excluding carboxylic acids is 1. The van der Waals surface area contributed by atoms with Gasteiger partial charge in [0.25, 0.3) is 0 Å². The van der Waals surface area contributed by atoms with Crippen LogP contribution in [0.25, 0.3) is 0 Å². The van der Waals surface area contributed by atoms with E-state index >= 15 is 0 Å². The third-order valence-corrected chi connectivity index (χ3v) is 4.44. The molecule has 3 aromatic rings. The second-order valence-electron chi connectivity index (χ2n) is 6.92. The molecule has 0 aliphatic heterocycles. The molecule has 0 atom stereocenters. The minimum Gasteiger partial charge on any atom is -0.506 e. The highest BCUT2D eigenvalue weighted by Crippen LogP contribution is 2.34. The predicted molar refractivity (Wildman–Crippen MR) is 111 cm³/mol. The monoisotopic (exact) mass is 461 g/mol. The number of aromatic nitrogens is 1. The number of nitrogens with zero attached hydrogens (tertiary/aromatic N) is 1. The van der Waals surface area contributed by atoms with Gasteiger partial charge in [0.1, 0.15) is 17.2 Å². The van der Waals surface area contributed by atoms with Gasteiger partial charge < -0.3 is 25.6 Å². The van der Waals surface area contributed by atoms with E-state index in [0.717, 1.165) is 6.07 Å². The molecule has 4 N–H and O–H groups in total. The molecule has 1 heterocycles. The molecule has 33 heavy (non-hydrogen) atoms. The summed E-state index contributed by atoms with van der Waals surface area (Å²) < 4.78 is 44.1. The van der Waals surface area contributed by atoms with Crippen molar-refractivity contribution in [2.24, 2.45) is 0 Å². The van der Waals surface area contributed by atoms with E-state index < -0.39 is 29.5 Å². The zero-order chi connectivity index (χ0) is 24.2. The number of ether oxygens (including phenoxy) is 1. The Labute approximate surface area is 185 Å². The van der Waals surface area contributed by atoms with Crippen LogP contribution in [0.5, 0.6) is 17.2 Å². The number of benzene rings is 2. The number of carbonyl (C=O) groups is 2. The average Bonchev–Trinajstić information content (AvgIpc) is 2.75. The number of phenols is 1. The Morgan fingerprint density at radius 3 is 2.52 bits per heavy atom. The first-order valence-corrected chi connectivity index (χ1v) is 9.44. The van der Waals surface area contributed by atoms with Crippen LogP contribution in [0.1, 0.15) is 27.2 Å². The molecule has 0 radical (unpaired) electrons. The van der Waals surface area contributed by atoms with E-state index in [9.17, 15) is 27.9 Å². The molecule has 1 aromatic heterocycles. The maximum atomic E-state index is 12.8. The smallest absolute Gasteiger partial charge is 0.416 e. The molecule has 0 saturated carbocycles. The number of aromatic hydroxyl groups is 1. The minimum absolute atomic E-state index is 0.0467. The van der Waals surface area contributed by atoms with E-state index in [-0.39, 0.29) is 23.7 Å². The quantitative estimate of drug-likeness (QED) is 0.387. The number of halogens is 3. The Morgan fingerprint density at radius 1 is 1.09 bits per heavy atom. The van der Waals surface area contributed by atoms with Crippen LogP contribution in [0.4, 0.5) is 23.7 Å². The second-order valence-corrected chi connectivity index (χ2v) is 6.92. The van der Waals surface area contributed by atoms with E-state index in [1.54, 1.807) is 25.1 Å². The van der Waals surface area contributed by atoms with Crippen LogP contribution < -0.4 is 15.4 Å². The van der Waals surface area contributed by atoms with Crippen molar-refractivity contribution in [2.75, 3.05) is 5.32 Å². The third kappa shape index (κ3) is 6.12. The van der Waals surface area contributed by atoms with Crippen LogP contribution in [0, 0.1) is 6.92 Å². The van der Waals surface area contributed by atoms with Gasteiger partial charge in [0.2, 0.25) is 0 Å². The molecule has 8 nitrogen and oxygen atoms in total. The van der Waals surface area contributed by atoms with Gasteiger partial charge in [-0.05, 0) is 48.4 Å². The molecule has 3 rings (SSSR count). The lowest BCUT2D eigenvalue weighted by molar-refractivity contribution is -0.137.